The first kappa shape index (κ1) is 19.9. The van der Waals surface area contributed by atoms with Gasteiger partial charge in [0.1, 0.15) is 24.3 Å². The largest absolute Gasteiger partial charge is 0.460 e. The molecule has 0 radical (unpaired) electrons. The van der Waals surface area contributed by atoms with Gasteiger partial charge < -0.3 is 19.2 Å². The molecule has 158 valence electrons. The summed E-state index contributed by atoms with van der Waals surface area (Å²) in [4.78, 5) is 50.3. The number of para-hydroxylation sites is 1. The van der Waals surface area contributed by atoms with E-state index in [1.807, 2.05) is 0 Å². The number of urea groups is 1. The molecule has 0 unspecified atom stereocenters. The van der Waals surface area contributed by atoms with Crippen LogP contribution in [0, 0.1) is 5.92 Å². The fourth-order valence-electron chi connectivity index (χ4n) is 3.73. The number of carbonyl (C=O) groups is 4. The van der Waals surface area contributed by atoms with Crippen molar-refractivity contribution >= 4 is 34.8 Å². The van der Waals surface area contributed by atoms with Crippen LogP contribution in [0.15, 0.2) is 28.7 Å². The predicted molar refractivity (Wildman–Crippen MR) is 103 cm³/mol. The average Bonchev–Trinajstić information content (AvgIpc) is 3.48. The minimum atomic E-state index is -0.963. The van der Waals surface area contributed by atoms with Gasteiger partial charge >= 0.3 is 18.0 Å². The van der Waals surface area contributed by atoms with E-state index in [-0.39, 0.29) is 24.9 Å². The van der Waals surface area contributed by atoms with E-state index >= 15 is 0 Å². The number of hydrogen-bond donors (Lipinski definition) is 1. The third-order valence-electron chi connectivity index (χ3n) is 5.52. The molecule has 0 bridgehead atoms. The Morgan fingerprint density at radius 1 is 1.23 bits per heavy atom. The Balaban J connectivity index is 1.47. The number of benzene rings is 1. The molecule has 9 nitrogen and oxygen atoms in total. The van der Waals surface area contributed by atoms with Crippen molar-refractivity contribution in [2.45, 2.75) is 38.8 Å². The Kier molecular flexibility index (Phi) is 4.97. The lowest BCUT2D eigenvalue weighted by Crippen LogP contribution is -2.46. The van der Waals surface area contributed by atoms with Gasteiger partial charge in [-0.05, 0) is 38.7 Å². The molecule has 1 saturated heterocycles. The van der Waals surface area contributed by atoms with E-state index < -0.39 is 36.0 Å². The van der Waals surface area contributed by atoms with Crippen molar-refractivity contribution in [3.8, 4) is 0 Å². The van der Waals surface area contributed by atoms with Crippen LogP contribution in [-0.2, 0) is 25.7 Å². The van der Waals surface area contributed by atoms with E-state index in [9.17, 15) is 19.2 Å². The number of furan rings is 1. The Morgan fingerprint density at radius 2 is 1.97 bits per heavy atom. The Bertz CT molecular complexity index is 1040. The SMILES string of the molecule is CCOC(=O)c1oc2ccccc2c1COC(=O)CN1C(=O)N[C@](C)(C2CC2)C1=O. The first-order valence-electron chi connectivity index (χ1n) is 9.82. The molecular formula is C21H22N2O7. The highest BCUT2D eigenvalue weighted by atomic mass is 16.5. The smallest absolute Gasteiger partial charge is 0.374 e. The summed E-state index contributed by atoms with van der Waals surface area (Å²) in [5, 5.41) is 3.30. The number of amides is 3. The fourth-order valence-corrected chi connectivity index (χ4v) is 3.73. The van der Waals surface area contributed by atoms with E-state index in [0.717, 1.165) is 17.7 Å². The van der Waals surface area contributed by atoms with Crippen LogP contribution in [0.3, 0.4) is 0 Å². The summed E-state index contributed by atoms with van der Waals surface area (Å²) in [6, 6.07) is 6.35. The number of ether oxygens (including phenoxy) is 2. The van der Waals surface area contributed by atoms with Crippen molar-refractivity contribution in [3.63, 3.8) is 0 Å². The van der Waals surface area contributed by atoms with Crippen molar-refractivity contribution in [2.24, 2.45) is 5.92 Å². The third-order valence-corrected chi connectivity index (χ3v) is 5.52. The Morgan fingerprint density at radius 3 is 2.67 bits per heavy atom. The molecule has 2 fully saturated rings. The van der Waals surface area contributed by atoms with Crippen LogP contribution in [0.1, 0.15) is 42.8 Å². The van der Waals surface area contributed by atoms with Crippen LogP contribution in [0.25, 0.3) is 11.0 Å². The van der Waals surface area contributed by atoms with Gasteiger partial charge in [-0.25, -0.2) is 9.59 Å². The molecule has 0 spiro atoms. The lowest BCUT2D eigenvalue weighted by molar-refractivity contribution is -0.148. The molecule has 1 aromatic heterocycles. The molecule has 1 atom stereocenters. The lowest BCUT2D eigenvalue weighted by Gasteiger charge is -2.20. The minimum Gasteiger partial charge on any atom is -0.460 e. The highest BCUT2D eigenvalue weighted by Gasteiger charge is 2.56. The topological polar surface area (TPSA) is 115 Å². The van der Waals surface area contributed by atoms with E-state index in [4.69, 9.17) is 13.9 Å². The summed E-state index contributed by atoms with van der Waals surface area (Å²) in [7, 11) is 0. The van der Waals surface area contributed by atoms with Gasteiger partial charge in [-0.15, -0.1) is 0 Å². The number of nitrogens with zero attached hydrogens (tertiary/aromatic N) is 1. The molecule has 2 aromatic rings. The van der Waals surface area contributed by atoms with Gasteiger partial charge in [0.05, 0.1) is 12.2 Å². The zero-order chi connectivity index (χ0) is 21.5. The molecule has 4 rings (SSSR count). The normalized spacial score (nSPS) is 21.1. The first-order valence-corrected chi connectivity index (χ1v) is 9.82. The molecule has 1 aromatic carbocycles. The van der Waals surface area contributed by atoms with Gasteiger partial charge in [0.2, 0.25) is 5.76 Å². The highest BCUT2D eigenvalue weighted by molar-refractivity contribution is 6.08. The first-order chi connectivity index (χ1) is 14.3. The van der Waals surface area contributed by atoms with Gasteiger partial charge in [-0.2, -0.15) is 0 Å². The molecule has 1 N–H and O–H groups in total. The second kappa shape index (κ2) is 7.47. The van der Waals surface area contributed by atoms with Crippen molar-refractivity contribution in [3.05, 3.63) is 35.6 Å². The van der Waals surface area contributed by atoms with E-state index in [0.29, 0.717) is 16.5 Å². The van der Waals surface area contributed by atoms with Gasteiger partial charge in [-0.1, -0.05) is 18.2 Å². The highest BCUT2D eigenvalue weighted by Crippen LogP contribution is 2.42. The summed E-state index contributed by atoms with van der Waals surface area (Å²) >= 11 is 0. The van der Waals surface area contributed by atoms with Crippen molar-refractivity contribution in [2.75, 3.05) is 13.2 Å². The molecule has 1 saturated carbocycles. The molecule has 1 aliphatic carbocycles. The maximum Gasteiger partial charge on any atom is 0.374 e. The quantitative estimate of drug-likeness (QED) is 0.546. The summed E-state index contributed by atoms with van der Waals surface area (Å²) < 4.78 is 15.9. The summed E-state index contributed by atoms with van der Waals surface area (Å²) in [6.07, 6.45) is 1.73. The van der Waals surface area contributed by atoms with E-state index in [1.54, 1.807) is 38.1 Å². The molecule has 2 aliphatic rings. The minimum absolute atomic E-state index is 0.0397. The number of hydrogen-bond acceptors (Lipinski definition) is 7. The number of carbonyl (C=O) groups excluding carboxylic acids is 4. The summed E-state index contributed by atoms with van der Waals surface area (Å²) in [5.74, 6) is -1.79. The number of nitrogens with one attached hydrogen (secondary N) is 1. The maximum absolute atomic E-state index is 12.6. The standard InChI is InChI=1S/C21H22N2O7/c1-3-28-18(25)17-14(13-6-4-5-7-15(13)30-17)11-29-16(24)10-23-19(26)21(2,12-8-9-12)22-20(23)27/h4-7,12H,3,8-11H2,1-2H3,(H,22,27)/t21-/m1/s1. The monoisotopic (exact) mass is 414 g/mol. The van der Waals surface area contributed by atoms with Crippen molar-refractivity contribution in [1.29, 1.82) is 0 Å². The maximum atomic E-state index is 12.6. The van der Waals surface area contributed by atoms with Crippen LogP contribution in [-0.4, -0.2) is 47.5 Å². The molecule has 2 heterocycles. The third kappa shape index (κ3) is 3.40. The second-order valence-electron chi connectivity index (χ2n) is 7.59. The molecule has 9 heteroatoms. The fraction of sp³-hybridized carbons (Fsp3) is 0.429. The number of fused-ring (bicyclic) bond motifs is 1. The lowest BCUT2D eigenvalue weighted by atomic mass is 9.96. The molecule has 3 amide bonds. The van der Waals surface area contributed by atoms with Gasteiger partial charge in [0, 0.05) is 5.39 Å². The van der Waals surface area contributed by atoms with Crippen LogP contribution in [0.2, 0.25) is 0 Å². The second-order valence-corrected chi connectivity index (χ2v) is 7.59. The van der Waals surface area contributed by atoms with Crippen LogP contribution < -0.4 is 5.32 Å². The number of rotatable bonds is 7. The van der Waals surface area contributed by atoms with Gasteiger partial charge in [0.25, 0.3) is 5.91 Å². The summed E-state index contributed by atoms with van der Waals surface area (Å²) in [6.45, 7) is 2.76. The van der Waals surface area contributed by atoms with Crippen molar-refractivity contribution < 1.29 is 33.1 Å². The van der Waals surface area contributed by atoms with E-state index in [2.05, 4.69) is 5.32 Å². The Hall–Kier alpha value is -3.36. The van der Waals surface area contributed by atoms with Gasteiger partial charge in [-0.3, -0.25) is 14.5 Å². The summed E-state index contributed by atoms with van der Waals surface area (Å²) in [5.41, 5.74) is -0.131. The molecule has 30 heavy (non-hydrogen) atoms. The van der Waals surface area contributed by atoms with Crippen LogP contribution in [0.4, 0.5) is 4.79 Å². The van der Waals surface area contributed by atoms with Crippen LogP contribution >= 0.6 is 0 Å². The van der Waals surface area contributed by atoms with Crippen LogP contribution in [0.5, 0.6) is 0 Å². The number of imide groups is 1. The van der Waals surface area contributed by atoms with Gasteiger partial charge in [0.15, 0.2) is 0 Å². The Labute approximate surface area is 172 Å². The molecular weight excluding hydrogens is 392 g/mol. The number of esters is 2. The zero-order valence-electron chi connectivity index (χ0n) is 16.7. The average molecular weight is 414 g/mol. The molecule has 1 aliphatic heterocycles. The predicted octanol–water partition coefficient (Wildman–Crippen LogP) is 2.37. The van der Waals surface area contributed by atoms with E-state index in [1.165, 1.54) is 0 Å². The van der Waals surface area contributed by atoms with Crippen molar-refractivity contribution in [1.82, 2.24) is 10.2 Å². The zero-order valence-corrected chi connectivity index (χ0v) is 16.7.